The molecule has 1 rings (SSSR count). The van der Waals surface area contributed by atoms with Crippen molar-refractivity contribution in [2.45, 2.75) is 0 Å². The lowest BCUT2D eigenvalue weighted by molar-refractivity contribution is 0.771. The minimum Gasteiger partial charge on any atom is -0.250 e. The first kappa shape index (κ1) is 6.48. The van der Waals surface area contributed by atoms with E-state index in [4.69, 9.17) is 0 Å². The van der Waals surface area contributed by atoms with Crippen LogP contribution in [0.2, 0.25) is 0 Å². The third kappa shape index (κ3) is 1.03. The first-order chi connectivity index (χ1) is 4.25. The molecule has 0 fully saturated rings. The molecule has 48 valence electrons. The lowest BCUT2D eigenvalue weighted by atomic mass is 10.6. The summed E-state index contributed by atoms with van der Waals surface area (Å²) in [7, 11) is 1.81. The average Bonchev–Trinajstić information content (AvgIpc) is 2.12. The van der Waals surface area contributed by atoms with Crippen LogP contribution in [-0.4, -0.2) is 16.5 Å². The van der Waals surface area contributed by atoms with E-state index in [9.17, 15) is 0 Å². The molecule has 0 saturated carbocycles. The number of halogens is 1. The predicted molar refractivity (Wildman–Crippen MR) is 40.1 cm³/mol. The van der Waals surface area contributed by atoms with Gasteiger partial charge in [0.25, 0.3) is 0 Å². The first-order valence-electron chi connectivity index (χ1n) is 2.40. The van der Waals surface area contributed by atoms with Crippen LogP contribution in [0.15, 0.2) is 15.7 Å². The highest BCUT2D eigenvalue weighted by Gasteiger charge is 2.00. The van der Waals surface area contributed by atoms with Gasteiger partial charge >= 0.3 is 0 Å². The molecular formula is C5H6BrN3. The van der Waals surface area contributed by atoms with Crippen LogP contribution in [0.3, 0.4) is 0 Å². The van der Waals surface area contributed by atoms with E-state index in [-0.39, 0.29) is 0 Å². The summed E-state index contributed by atoms with van der Waals surface area (Å²) in [5.41, 5.74) is 0. The largest absolute Gasteiger partial charge is 0.250 e. The molecule has 0 aliphatic carbocycles. The van der Waals surface area contributed by atoms with E-state index >= 15 is 0 Å². The van der Waals surface area contributed by atoms with E-state index in [1.165, 1.54) is 0 Å². The Kier molecular flexibility index (Phi) is 1.66. The van der Waals surface area contributed by atoms with Crippen LogP contribution in [0.4, 0.5) is 5.82 Å². The quantitative estimate of drug-likeness (QED) is 0.614. The van der Waals surface area contributed by atoms with Crippen LogP contribution in [0.25, 0.3) is 0 Å². The summed E-state index contributed by atoms with van der Waals surface area (Å²) >= 11 is 3.26. The zero-order valence-electron chi connectivity index (χ0n) is 5.00. The van der Waals surface area contributed by atoms with Crippen molar-refractivity contribution in [3.8, 4) is 0 Å². The molecule has 1 heterocycles. The van der Waals surface area contributed by atoms with Crippen molar-refractivity contribution in [1.82, 2.24) is 9.78 Å². The van der Waals surface area contributed by atoms with Crippen LogP contribution in [-0.2, 0) is 7.05 Å². The van der Waals surface area contributed by atoms with Crippen LogP contribution >= 0.6 is 15.9 Å². The van der Waals surface area contributed by atoms with E-state index in [2.05, 4.69) is 32.7 Å². The van der Waals surface area contributed by atoms with Crippen molar-refractivity contribution in [2.24, 2.45) is 12.0 Å². The number of aryl methyl sites for hydroxylation is 1. The second-order valence-electron chi connectivity index (χ2n) is 1.60. The Morgan fingerprint density at radius 1 is 1.89 bits per heavy atom. The summed E-state index contributed by atoms with van der Waals surface area (Å²) < 4.78 is 2.52. The van der Waals surface area contributed by atoms with Crippen molar-refractivity contribution in [1.29, 1.82) is 0 Å². The molecule has 0 unspecified atom stereocenters. The topological polar surface area (TPSA) is 30.2 Å². The van der Waals surface area contributed by atoms with Crippen LogP contribution in [0.1, 0.15) is 0 Å². The van der Waals surface area contributed by atoms with E-state index in [1.54, 1.807) is 10.9 Å². The van der Waals surface area contributed by atoms with Crippen LogP contribution < -0.4 is 0 Å². The molecule has 0 spiro atoms. The Balaban J connectivity index is 3.22. The zero-order chi connectivity index (χ0) is 6.85. The van der Waals surface area contributed by atoms with E-state index in [0.29, 0.717) is 0 Å². The molecule has 0 aromatic carbocycles. The van der Waals surface area contributed by atoms with Gasteiger partial charge in [0.1, 0.15) is 0 Å². The summed E-state index contributed by atoms with van der Waals surface area (Å²) in [6.07, 6.45) is 1.68. The van der Waals surface area contributed by atoms with Crippen molar-refractivity contribution in [3.05, 3.63) is 10.7 Å². The summed E-state index contributed by atoms with van der Waals surface area (Å²) in [5.74, 6) is 0.759. The van der Waals surface area contributed by atoms with Crippen molar-refractivity contribution < 1.29 is 0 Å². The molecule has 0 radical (unpaired) electrons. The lowest BCUT2D eigenvalue weighted by Crippen LogP contribution is -1.86. The zero-order valence-corrected chi connectivity index (χ0v) is 6.59. The molecule has 9 heavy (non-hydrogen) atoms. The van der Waals surface area contributed by atoms with Gasteiger partial charge in [-0.25, -0.2) is 4.99 Å². The Labute approximate surface area is 61.5 Å². The summed E-state index contributed by atoms with van der Waals surface area (Å²) in [6, 6.07) is 0. The van der Waals surface area contributed by atoms with Crippen LogP contribution in [0.5, 0.6) is 0 Å². The van der Waals surface area contributed by atoms with Crippen LogP contribution in [0, 0.1) is 0 Å². The second-order valence-corrected chi connectivity index (χ2v) is 2.45. The summed E-state index contributed by atoms with van der Waals surface area (Å²) in [5, 5.41) is 3.92. The molecule has 0 aliphatic heterocycles. The minimum absolute atomic E-state index is 0.759. The van der Waals surface area contributed by atoms with E-state index in [0.717, 1.165) is 10.3 Å². The standard InChI is InChI=1S/C5H6BrN3/c1-7-5-4(6)3-8-9(5)2/h3H,1H2,2H3. The van der Waals surface area contributed by atoms with Gasteiger partial charge < -0.3 is 0 Å². The van der Waals surface area contributed by atoms with Gasteiger partial charge in [-0.1, -0.05) is 0 Å². The number of hydrogen-bond acceptors (Lipinski definition) is 2. The van der Waals surface area contributed by atoms with Gasteiger partial charge in [-0.3, -0.25) is 4.68 Å². The Morgan fingerprint density at radius 2 is 2.56 bits per heavy atom. The molecule has 0 aliphatic rings. The number of rotatable bonds is 1. The number of aromatic nitrogens is 2. The molecular weight excluding hydrogens is 182 g/mol. The third-order valence-corrected chi connectivity index (χ3v) is 1.57. The normalized spacial score (nSPS) is 9.56. The maximum Gasteiger partial charge on any atom is 0.164 e. The molecule has 0 N–H and O–H groups in total. The summed E-state index contributed by atoms with van der Waals surface area (Å²) in [6.45, 7) is 3.38. The average molecular weight is 188 g/mol. The molecule has 3 nitrogen and oxygen atoms in total. The Morgan fingerprint density at radius 3 is 2.78 bits per heavy atom. The third-order valence-electron chi connectivity index (χ3n) is 1.01. The highest BCUT2D eigenvalue weighted by atomic mass is 79.9. The Hall–Kier alpha value is -0.640. The molecule has 0 saturated heterocycles. The van der Waals surface area contributed by atoms with E-state index < -0.39 is 0 Å². The minimum atomic E-state index is 0.759. The van der Waals surface area contributed by atoms with Crippen molar-refractivity contribution >= 4 is 28.5 Å². The molecule has 1 aromatic heterocycles. The monoisotopic (exact) mass is 187 g/mol. The fourth-order valence-corrected chi connectivity index (χ4v) is 1.06. The smallest absolute Gasteiger partial charge is 0.164 e. The van der Waals surface area contributed by atoms with Gasteiger partial charge in [-0.2, -0.15) is 5.10 Å². The number of nitrogens with zero attached hydrogens (tertiary/aromatic N) is 3. The van der Waals surface area contributed by atoms with Gasteiger partial charge in [-0.15, -0.1) is 0 Å². The SMILES string of the molecule is C=Nc1c(Br)cnn1C. The van der Waals surface area contributed by atoms with Crippen molar-refractivity contribution in [3.63, 3.8) is 0 Å². The molecule has 0 atom stereocenters. The van der Waals surface area contributed by atoms with Gasteiger partial charge in [0.05, 0.1) is 10.7 Å². The first-order valence-corrected chi connectivity index (χ1v) is 3.19. The van der Waals surface area contributed by atoms with Gasteiger partial charge in [0.2, 0.25) is 0 Å². The maximum absolute atomic E-state index is 3.92. The highest BCUT2D eigenvalue weighted by Crippen LogP contribution is 2.22. The Bertz CT molecular complexity index is 209. The highest BCUT2D eigenvalue weighted by molar-refractivity contribution is 9.10. The lowest BCUT2D eigenvalue weighted by Gasteiger charge is -1.90. The molecule has 4 heteroatoms. The molecule has 0 bridgehead atoms. The van der Waals surface area contributed by atoms with Gasteiger partial charge in [-0.05, 0) is 22.6 Å². The van der Waals surface area contributed by atoms with Crippen molar-refractivity contribution in [2.75, 3.05) is 0 Å². The van der Waals surface area contributed by atoms with Gasteiger partial charge in [0.15, 0.2) is 5.82 Å². The van der Waals surface area contributed by atoms with E-state index in [1.807, 2.05) is 7.05 Å². The molecule has 1 aromatic rings. The number of hydrogen-bond donors (Lipinski definition) is 0. The summed E-state index contributed by atoms with van der Waals surface area (Å²) in [4.78, 5) is 3.73. The fourth-order valence-electron chi connectivity index (χ4n) is 0.582. The predicted octanol–water partition coefficient (Wildman–Crippen LogP) is 1.51. The van der Waals surface area contributed by atoms with Gasteiger partial charge in [0, 0.05) is 7.05 Å². The second kappa shape index (κ2) is 2.31. The fraction of sp³-hybridized carbons (Fsp3) is 0.200. The number of aliphatic imine (C=N–C) groups is 1. The molecule has 0 amide bonds. The maximum atomic E-state index is 3.92.